The van der Waals surface area contributed by atoms with Gasteiger partial charge in [-0.2, -0.15) is 0 Å². The molecule has 3 saturated heterocycles. The molecule has 40 heavy (non-hydrogen) atoms. The smallest absolute Gasteiger partial charge is 0.311 e. The van der Waals surface area contributed by atoms with Crippen molar-refractivity contribution in [3.63, 3.8) is 0 Å². The second-order valence-corrected chi connectivity index (χ2v) is 13.9. The number of ether oxygens (including phenoxy) is 1. The summed E-state index contributed by atoms with van der Waals surface area (Å²) in [5.41, 5.74) is 0.728. The average molecular weight is 565 g/mol. The summed E-state index contributed by atoms with van der Waals surface area (Å²) in [5.74, 6) is -1.89. The summed E-state index contributed by atoms with van der Waals surface area (Å²) in [6, 6.07) is 12.6. The summed E-state index contributed by atoms with van der Waals surface area (Å²) < 4.78 is 4.23. The molecule has 1 spiro atoms. The average Bonchev–Trinajstić information content (AvgIpc) is 3.50. The number of carbonyl (C=O) groups excluding carboxylic acids is 3. The van der Waals surface area contributed by atoms with E-state index in [9.17, 15) is 19.5 Å². The Morgan fingerprint density at radius 3 is 2.60 bits per heavy atom. The Morgan fingerprint density at radius 1 is 1.23 bits per heavy atom. The second kappa shape index (κ2) is 10.9. The van der Waals surface area contributed by atoms with E-state index in [1.165, 1.54) is 0 Å². The summed E-state index contributed by atoms with van der Waals surface area (Å²) >= 11 is 1.62. The molecule has 1 N–H and O–H groups in total. The molecule has 2 aromatic carbocycles. The number of anilines is 1. The number of benzene rings is 2. The van der Waals surface area contributed by atoms with Crippen molar-refractivity contribution in [2.24, 2.45) is 17.8 Å². The Morgan fingerprint density at radius 2 is 1.95 bits per heavy atom. The molecule has 0 aromatic heterocycles. The van der Waals surface area contributed by atoms with Crippen LogP contribution in [0.25, 0.3) is 10.8 Å². The van der Waals surface area contributed by atoms with E-state index in [1.807, 2.05) is 63.2 Å². The van der Waals surface area contributed by atoms with Gasteiger partial charge in [0.1, 0.15) is 6.04 Å². The number of rotatable bonds is 10. The fourth-order valence-corrected chi connectivity index (χ4v) is 9.72. The van der Waals surface area contributed by atoms with Crippen molar-refractivity contribution in [3.8, 4) is 0 Å². The zero-order valence-electron chi connectivity index (χ0n) is 23.8. The van der Waals surface area contributed by atoms with Crippen LogP contribution >= 0.6 is 11.8 Å². The van der Waals surface area contributed by atoms with Crippen LogP contribution in [0.15, 0.2) is 55.1 Å². The van der Waals surface area contributed by atoms with Crippen molar-refractivity contribution >= 4 is 46.0 Å². The zero-order valence-corrected chi connectivity index (χ0v) is 24.7. The zero-order chi connectivity index (χ0) is 28.8. The maximum absolute atomic E-state index is 14.8. The van der Waals surface area contributed by atoms with Gasteiger partial charge in [-0.3, -0.25) is 14.4 Å². The van der Waals surface area contributed by atoms with Crippen LogP contribution in [0.5, 0.6) is 0 Å². The van der Waals surface area contributed by atoms with Gasteiger partial charge < -0.3 is 19.6 Å². The molecule has 3 aliphatic heterocycles. The molecule has 5 rings (SSSR count). The lowest BCUT2D eigenvalue weighted by atomic mass is 9.66. The monoisotopic (exact) mass is 564 g/mol. The first-order chi connectivity index (χ1) is 19.1. The number of aliphatic hydroxyl groups excluding tert-OH is 1. The van der Waals surface area contributed by atoms with E-state index in [0.717, 1.165) is 16.5 Å². The van der Waals surface area contributed by atoms with Crippen LogP contribution in [0.4, 0.5) is 5.69 Å². The number of hydrogen-bond acceptors (Lipinski definition) is 6. The van der Waals surface area contributed by atoms with Crippen LogP contribution in [0, 0.1) is 17.8 Å². The number of nitrogens with zero attached hydrogens (tertiary/aromatic N) is 2. The first-order valence-corrected chi connectivity index (χ1v) is 15.1. The maximum atomic E-state index is 14.8. The molecule has 3 fully saturated rings. The summed E-state index contributed by atoms with van der Waals surface area (Å²) in [7, 11) is 0. The van der Waals surface area contributed by atoms with E-state index < -0.39 is 33.4 Å². The second-order valence-electron chi connectivity index (χ2n) is 12.0. The van der Waals surface area contributed by atoms with Crippen molar-refractivity contribution in [1.29, 1.82) is 0 Å². The molecule has 6 atom stereocenters. The van der Waals surface area contributed by atoms with Crippen LogP contribution in [-0.2, 0) is 19.1 Å². The largest absolute Gasteiger partial charge is 0.466 e. The maximum Gasteiger partial charge on any atom is 0.311 e. The Balaban J connectivity index is 1.64. The third-order valence-electron chi connectivity index (χ3n) is 8.96. The highest BCUT2D eigenvalue weighted by Crippen LogP contribution is 2.72. The van der Waals surface area contributed by atoms with Gasteiger partial charge in [-0.1, -0.05) is 50.3 Å². The molecule has 214 valence electrons. The van der Waals surface area contributed by atoms with Gasteiger partial charge >= 0.3 is 5.97 Å². The fraction of sp³-hybridized carbons (Fsp3) is 0.531. The van der Waals surface area contributed by atoms with E-state index in [1.54, 1.807) is 34.6 Å². The molecule has 0 saturated carbocycles. The van der Waals surface area contributed by atoms with Gasteiger partial charge in [-0.25, -0.2) is 0 Å². The van der Waals surface area contributed by atoms with Gasteiger partial charge in [-0.15, -0.1) is 18.3 Å². The molecule has 2 amide bonds. The number of likely N-dealkylation sites (tertiary alicyclic amines) is 1. The molecular formula is C32H40N2O5S. The summed E-state index contributed by atoms with van der Waals surface area (Å²) in [4.78, 5) is 46.0. The van der Waals surface area contributed by atoms with Crippen LogP contribution in [0.1, 0.15) is 47.0 Å². The van der Waals surface area contributed by atoms with Gasteiger partial charge in [0, 0.05) is 17.0 Å². The number of fused-ring (bicyclic) bond motifs is 2. The standard InChI is InChI=1S/C32H40N2O5S/c1-6-16-33(23-13-12-21-10-8-9-11-22(21)18-23)29(37)27-32-15-14-31(5,40-32)26(30(38)39-7-2)25(32)28(36)34(27)24(19-35)17-20(3)4/h6,8-13,18,20,24-27,35H,1,7,14-17,19H2,2-5H3/t24-,25+,26-,27?,31+,32?/m1/s1. The first kappa shape index (κ1) is 28.7. The van der Waals surface area contributed by atoms with Gasteiger partial charge in [0.2, 0.25) is 5.91 Å². The van der Waals surface area contributed by atoms with Crippen LogP contribution in [0.2, 0.25) is 0 Å². The molecule has 7 nitrogen and oxygen atoms in total. The van der Waals surface area contributed by atoms with E-state index >= 15 is 0 Å². The first-order valence-electron chi connectivity index (χ1n) is 14.3. The van der Waals surface area contributed by atoms with E-state index in [0.29, 0.717) is 19.3 Å². The highest BCUT2D eigenvalue weighted by atomic mass is 32.2. The molecule has 0 radical (unpaired) electrons. The predicted octanol–water partition coefficient (Wildman–Crippen LogP) is 4.81. The number of esters is 1. The lowest BCUT2D eigenvalue weighted by molar-refractivity contribution is -0.155. The normalized spacial score (nSPS) is 29.6. The van der Waals surface area contributed by atoms with Gasteiger partial charge in [-0.05, 0) is 61.9 Å². The third kappa shape index (κ3) is 4.44. The summed E-state index contributed by atoms with van der Waals surface area (Å²) in [6.07, 6.45) is 3.61. The van der Waals surface area contributed by atoms with E-state index in [-0.39, 0.29) is 43.5 Å². The van der Waals surface area contributed by atoms with Gasteiger partial charge in [0.05, 0.1) is 35.8 Å². The quantitative estimate of drug-likeness (QED) is 0.329. The Kier molecular flexibility index (Phi) is 7.79. The topological polar surface area (TPSA) is 87.2 Å². The molecule has 2 aromatic rings. The van der Waals surface area contributed by atoms with Crippen LogP contribution < -0.4 is 4.90 Å². The van der Waals surface area contributed by atoms with Gasteiger partial charge in [0.25, 0.3) is 5.91 Å². The highest BCUT2D eigenvalue weighted by molar-refractivity contribution is 8.02. The SMILES string of the molecule is C=CCN(C(=O)C1N([C@@H](CO)CC(C)C)C(=O)[C@@H]2[C@H](C(=O)OCC)[C@]3(C)CCC12S3)c1ccc2ccccc2c1. The number of carbonyl (C=O) groups is 3. The highest BCUT2D eigenvalue weighted by Gasteiger charge is 2.78. The minimum atomic E-state index is -0.821. The van der Waals surface area contributed by atoms with Crippen molar-refractivity contribution in [2.75, 3.05) is 24.7 Å². The Bertz CT molecular complexity index is 1330. The van der Waals surface area contributed by atoms with E-state index in [2.05, 4.69) is 6.58 Å². The number of hydrogen-bond donors (Lipinski definition) is 1. The van der Waals surface area contributed by atoms with Crippen molar-refractivity contribution in [1.82, 2.24) is 4.90 Å². The molecular weight excluding hydrogens is 524 g/mol. The van der Waals surface area contributed by atoms with E-state index in [4.69, 9.17) is 4.74 Å². The molecule has 3 heterocycles. The number of aliphatic hydroxyl groups is 1. The third-order valence-corrected chi connectivity index (χ3v) is 10.9. The minimum absolute atomic E-state index is 0.200. The summed E-state index contributed by atoms with van der Waals surface area (Å²) in [5, 5.41) is 12.6. The van der Waals surface area contributed by atoms with Crippen molar-refractivity contribution in [3.05, 3.63) is 55.1 Å². The van der Waals surface area contributed by atoms with Crippen molar-refractivity contribution in [2.45, 2.75) is 68.5 Å². The Hall–Kier alpha value is -2.84. The van der Waals surface area contributed by atoms with Crippen molar-refractivity contribution < 1.29 is 24.2 Å². The number of thioether (sulfide) groups is 1. The lowest BCUT2D eigenvalue weighted by Gasteiger charge is -2.40. The predicted molar refractivity (Wildman–Crippen MR) is 159 cm³/mol. The minimum Gasteiger partial charge on any atom is -0.466 e. The molecule has 3 aliphatic rings. The van der Waals surface area contributed by atoms with Gasteiger partial charge in [0.15, 0.2) is 0 Å². The van der Waals surface area contributed by atoms with Crippen LogP contribution in [-0.4, -0.2) is 69.1 Å². The molecule has 0 aliphatic carbocycles. The Labute approximate surface area is 240 Å². The molecule has 8 heteroatoms. The fourth-order valence-electron chi connectivity index (χ4n) is 7.39. The molecule has 2 unspecified atom stereocenters. The molecule has 2 bridgehead atoms. The number of amides is 2. The summed E-state index contributed by atoms with van der Waals surface area (Å²) in [6.45, 7) is 12.1. The van der Waals surface area contributed by atoms with Crippen LogP contribution in [0.3, 0.4) is 0 Å². The lowest BCUT2D eigenvalue weighted by Crippen LogP contribution is -2.57.